The lowest BCUT2D eigenvalue weighted by Crippen LogP contribution is -2.13. The predicted molar refractivity (Wildman–Crippen MR) is 68.6 cm³/mol. The molecule has 5 heteroatoms. The minimum absolute atomic E-state index is 0.189. The van der Waals surface area contributed by atoms with Gasteiger partial charge in [0.05, 0.1) is 11.1 Å². The van der Waals surface area contributed by atoms with Crippen LogP contribution in [0.15, 0.2) is 42.7 Å². The number of nitrogens with zero attached hydrogens (tertiary/aromatic N) is 1. The summed E-state index contributed by atoms with van der Waals surface area (Å²) in [4.78, 5) is 15.9. The van der Waals surface area contributed by atoms with Gasteiger partial charge in [-0.25, -0.2) is 0 Å². The highest BCUT2D eigenvalue weighted by atomic mass is 35.5. The van der Waals surface area contributed by atoms with Crippen molar-refractivity contribution < 1.29 is 13.6 Å². The number of hydrogen-bond acceptors (Lipinski definition) is 2. The van der Waals surface area contributed by atoms with Gasteiger partial charge in [-0.1, -0.05) is 29.8 Å². The first kappa shape index (κ1) is 13.6. The van der Waals surface area contributed by atoms with Crippen molar-refractivity contribution in [1.82, 2.24) is 4.98 Å². The quantitative estimate of drug-likeness (QED) is 0.631. The zero-order valence-electron chi connectivity index (χ0n) is 10.0. The summed E-state index contributed by atoms with van der Waals surface area (Å²) >= 11 is 5.01. The van der Waals surface area contributed by atoms with E-state index in [0.29, 0.717) is 5.56 Å². The second-order valence-corrected chi connectivity index (χ2v) is 4.59. The molecule has 0 unspecified atom stereocenters. The molecule has 0 aliphatic rings. The Morgan fingerprint density at radius 2 is 1.84 bits per heavy atom. The second-order valence-electron chi connectivity index (χ2n) is 4.11. The number of ketones is 1. The third-order valence-corrected chi connectivity index (χ3v) is 2.89. The van der Waals surface area contributed by atoms with Gasteiger partial charge in [0.2, 0.25) is 0 Å². The molecule has 0 bridgehead atoms. The standard InChI is InChI=1S/C14H10ClF2NO/c1-9-2-4-10(5-3-9)13(19)11-8-18-7-6-12(11)14(15,16)17/h2-8H,1H3. The predicted octanol–water partition coefficient (Wildman–Crippen LogP) is 3.91. The largest absolute Gasteiger partial charge is 0.349 e. The van der Waals surface area contributed by atoms with E-state index in [1.54, 1.807) is 24.3 Å². The minimum Gasteiger partial charge on any atom is -0.289 e. The number of aromatic nitrogens is 1. The van der Waals surface area contributed by atoms with Crippen LogP contribution in [0.4, 0.5) is 8.78 Å². The molecule has 1 heterocycles. The maximum Gasteiger partial charge on any atom is 0.349 e. The SMILES string of the molecule is Cc1ccc(C(=O)c2cnccc2C(F)(F)Cl)cc1. The van der Waals surface area contributed by atoms with Crippen LogP contribution in [-0.2, 0) is 5.38 Å². The number of rotatable bonds is 3. The molecule has 0 atom stereocenters. The van der Waals surface area contributed by atoms with Crippen molar-refractivity contribution in [1.29, 1.82) is 0 Å². The summed E-state index contributed by atoms with van der Waals surface area (Å²) in [5, 5.41) is -3.60. The van der Waals surface area contributed by atoms with Gasteiger partial charge < -0.3 is 0 Å². The average molecular weight is 282 g/mol. The van der Waals surface area contributed by atoms with Gasteiger partial charge in [0.1, 0.15) is 0 Å². The minimum atomic E-state index is -3.60. The topological polar surface area (TPSA) is 30.0 Å². The van der Waals surface area contributed by atoms with Gasteiger partial charge in [-0.2, -0.15) is 8.78 Å². The Kier molecular flexibility index (Phi) is 3.62. The molecule has 0 amide bonds. The van der Waals surface area contributed by atoms with Crippen molar-refractivity contribution in [3.63, 3.8) is 0 Å². The second kappa shape index (κ2) is 5.05. The summed E-state index contributed by atoms with van der Waals surface area (Å²) < 4.78 is 26.5. The fourth-order valence-corrected chi connectivity index (χ4v) is 1.85. The Bertz CT molecular complexity index is 606. The number of carbonyl (C=O) groups is 1. The first-order chi connectivity index (χ1) is 8.89. The van der Waals surface area contributed by atoms with Gasteiger partial charge in [-0.05, 0) is 24.6 Å². The third kappa shape index (κ3) is 2.96. The van der Waals surface area contributed by atoms with Crippen LogP contribution < -0.4 is 0 Å². The van der Waals surface area contributed by atoms with Crippen LogP contribution in [0.3, 0.4) is 0 Å². The summed E-state index contributed by atoms with van der Waals surface area (Å²) in [5.74, 6) is -0.525. The first-order valence-corrected chi connectivity index (χ1v) is 5.90. The number of benzene rings is 1. The first-order valence-electron chi connectivity index (χ1n) is 5.52. The van der Waals surface area contributed by atoms with E-state index in [1.165, 1.54) is 6.20 Å². The maximum absolute atomic E-state index is 13.2. The van der Waals surface area contributed by atoms with Crippen LogP contribution in [0.2, 0.25) is 0 Å². The molecule has 0 radical (unpaired) electrons. The zero-order chi connectivity index (χ0) is 14.0. The third-order valence-electron chi connectivity index (χ3n) is 2.68. The smallest absolute Gasteiger partial charge is 0.289 e. The molecular weight excluding hydrogens is 272 g/mol. The highest BCUT2D eigenvalue weighted by Gasteiger charge is 2.33. The Hall–Kier alpha value is -1.81. The number of halogens is 3. The van der Waals surface area contributed by atoms with Crippen LogP contribution in [0.25, 0.3) is 0 Å². The summed E-state index contributed by atoms with van der Waals surface area (Å²) in [6.45, 7) is 1.87. The van der Waals surface area contributed by atoms with Crippen molar-refractivity contribution in [2.24, 2.45) is 0 Å². The number of hydrogen-bond donors (Lipinski definition) is 0. The van der Waals surface area contributed by atoms with Crippen LogP contribution in [0.1, 0.15) is 27.0 Å². The number of carbonyl (C=O) groups excluding carboxylic acids is 1. The molecule has 1 aromatic carbocycles. The van der Waals surface area contributed by atoms with Crippen molar-refractivity contribution in [3.05, 3.63) is 65.0 Å². The molecule has 2 rings (SSSR count). The molecule has 1 aromatic heterocycles. The molecule has 0 fully saturated rings. The normalized spacial score (nSPS) is 11.4. The molecule has 2 nitrogen and oxygen atoms in total. The fourth-order valence-electron chi connectivity index (χ4n) is 1.68. The molecule has 0 N–H and O–H groups in total. The lowest BCUT2D eigenvalue weighted by atomic mass is 10.00. The Morgan fingerprint density at radius 3 is 2.42 bits per heavy atom. The van der Waals surface area contributed by atoms with Gasteiger partial charge in [-0.3, -0.25) is 9.78 Å². The number of alkyl halides is 3. The molecule has 0 spiro atoms. The molecule has 0 saturated carbocycles. The zero-order valence-corrected chi connectivity index (χ0v) is 10.8. The van der Waals surface area contributed by atoms with Crippen molar-refractivity contribution in [2.45, 2.75) is 12.3 Å². The molecule has 0 saturated heterocycles. The Balaban J connectivity index is 2.48. The summed E-state index contributed by atoms with van der Waals surface area (Å²) in [7, 11) is 0. The average Bonchev–Trinajstić information content (AvgIpc) is 2.38. The molecule has 98 valence electrons. The summed E-state index contributed by atoms with van der Waals surface area (Å²) in [6.07, 6.45) is 2.28. The van der Waals surface area contributed by atoms with Gasteiger partial charge in [0.25, 0.3) is 0 Å². The lowest BCUT2D eigenvalue weighted by Gasteiger charge is -2.12. The fraction of sp³-hybridized carbons (Fsp3) is 0.143. The van der Waals surface area contributed by atoms with Crippen LogP contribution in [0, 0.1) is 6.92 Å². The highest BCUT2D eigenvalue weighted by molar-refractivity contribution is 6.23. The number of aryl methyl sites for hydroxylation is 1. The van der Waals surface area contributed by atoms with E-state index in [4.69, 9.17) is 11.6 Å². The molecular formula is C14H10ClF2NO. The Labute approximate surface area is 114 Å². The highest BCUT2D eigenvalue weighted by Crippen LogP contribution is 2.34. The molecule has 0 aliphatic carbocycles. The van der Waals surface area contributed by atoms with Crippen LogP contribution >= 0.6 is 11.6 Å². The molecule has 2 aromatic rings. The van der Waals surface area contributed by atoms with Gasteiger partial charge in [0.15, 0.2) is 5.78 Å². The van der Waals surface area contributed by atoms with E-state index in [9.17, 15) is 13.6 Å². The van der Waals surface area contributed by atoms with E-state index in [1.807, 2.05) is 6.92 Å². The number of pyridine rings is 1. The van der Waals surface area contributed by atoms with Crippen LogP contribution in [-0.4, -0.2) is 10.8 Å². The summed E-state index contributed by atoms with van der Waals surface area (Å²) in [6, 6.07) is 7.69. The van der Waals surface area contributed by atoms with E-state index < -0.39 is 16.7 Å². The van der Waals surface area contributed by atoms with Crippen molar-refractivity contribution in [2.75, 3.05) is 0 Å². The summed E-state index contributed by atoms with van der Waals surface area (Å²) in [5.41, 5.74) is 0.576. The van der Waals surface area contributed by atoms with E-state index in [-0.39, 0.29) is 5.56 Å². The maximum atomic E-state index is 13.2. The van der Waals surface area contributed by atoms with E-state index >= 15 is 0 Å². The van der Waals surface area contributed by atoms with Gasteiger partial charge >= 0.3 is 5.38 Å². The van der Waals surface area contributed by atoms with Gasteiger partial charge in [0, 0.05) is 18.0 Å². The van der Waals surface area contributed by atoms with E-state index in [0.717, 1.165) is 17.8 Å². The van der Waals surface area contributed by atoms with Gasteiger partial charge in [-0.15, -0.1) is 0 Å². The Morgan fingerprint density at radius 1 is 1.21 bits per heavy atom. The lowest BCUT2D eigenvalue weighted by molar-refractivity contribution is 0.0895. The molecule has 0 aliphatic heterocycles. The molecule has 19 heavy (non-hydrogen) atoms. The van der Waals surface area contributed by atoms with Crippen molar-refractivity contribution >= 4 is 17.4 Å². The monoisotopic (exact) mass is 281 g/mol. The van der Waals surface area contributed by atoms with Crippen LogP contribution in [0.5, 0.6) is 0 Å². The van der Waals surface area contributed by atoms with Crippen molar-refractivity contribution in [3.8, 4) is 0 Å². The van der Waals surface area contributed by atoms with E-state index in [2.05, 4.69) is 4.98 Å².